The minimum Gasteiger partial charge on any atom is -0.385 e. The lowest BCUT2D eigenvalue weighted by atomic mass is 10.3. The molecular formula is C11H18N2OS. The molecule has 1 atom stereocenters. The minimum absolute atomic E-state index is 0.587. The van der Waals surface area contributed by atoms with Crippen molar-refractivity contribution < 1.29 is 4.21 Å². The standard InChI is InChI=1S/C11H18N2OS/c1-3-4-9-13-10-5-7-11(8-6-10)15(2,12)14/h5-8,12-13H,3-4,9H2,1-2H3. The molecule has 0 aliphatic rings. The lowest BCUT2D eigenvalue weighted by molar-refractivity contribution is 0.679. The molecule has 0 heterocycles. The maximum absolute atomic E-state index is 11.4. The number of hydrogen-bond donors (Lipinski definition) is 2. The Morgan fingerprint density at radius 3 is 2.40 bits per heavy atom. The average Bonchev–Trinajstić information content (AvgIpc) is 2.18. The highest BCUT2D eigenvalue weighted by Gasteiger charge is 2.01. The molecule has 0 bridgehead atoms. The van der Waals surface area contributed by atoms with Crippen LogP contribution in [0.4, 0.5) is 5.69 Å². The largest absolute Gasteiger partial charge is 0.385 e. The van der Waals surface area contributed by atoms with Crippen molar-refractivity contribution in [3.63, 3.8) is 0 Å². The van der Waals surface area contributed by atoms with E-state index >= 15 is 0 Å². The summed E-state index contributed by atoms with van der Waals surface area (Å²) in [5, 5.41) is 3.27. The van der Waals surface area contributed by atoms with Crippen LogP contribution >= 0.6 is 0 Å². The number of benzene rings is 1. The van der Waals surface area contributed by atoms with Gasteiger partial charge in [-0.3, -0.25) is 0 Å². The molecule has 0 fully saturated rings. The second-order valence-corrected chi connectivity index (χ2v) is 5.81. The number of hydrogen-bond acceptors (Lipinski definition) is 3. The van der Waals surface area contributed by atoms with E-state index in [-0.39, 0.29) is 0 Å². The molecule has 1 aromatic rings. The van der Waals surface area contributed by atoms with E-state index in [0.29, 0.717) is 4.90 Å². The molecule has 0 aliphatic carbocycles. The first-order chi connectivity index (χ1) is 7.04. The van der Waals surface area contributed by atoms with Gasteiger partial charge in [-0.05, 0) is 30.7 Å². The van der Waals surface area contributed by atoms with Crippen molar-refractivity contribution in [3.05, 3.63) is 24.3 Å². The van der Waals surface area contributed by atoms with Crippen LogP contribution < -0.4 is 5.32 Å². The van der Waals surface area contributed by atoms with Crippen LogP contribution in [0, 0.1) is 4.78 Å². The molecule has 0 aliphatic heterocycles. The van der Waals surface area contributed by atoms with Crippen LogP contribution in [0.25, 0.3) is 0 Å². The zero-order valence-corrected chi connectivity index (χ0v) is 10.1. The second kappa shape index (κ2) is 5.16. The summed E-state index contributed by atoms with van der Waals surface area (Å²) >= 11 is 0. The summed E-state index contributed by atoms with van der Waals surface area (Å²) in [6.07, 6.45) is 3.75. The Kier molecular flexibility index (Phi) is 4.15. The fourth-order valence-corrected chi connectivity index (χ4v) is 1.90. The first-order valence-corrected chi connectivity index (χ1v) is 7.08. The Morgan fingerprint density at radius 2 is 1.93 bits per heavy atom. The molecule has 3 nitrogen and oxygen atoms in total. The number of anilines is 1. The van der Waals surface area contributed by atoms with Crippen LogP contribution in [-0.4, -0.2) is 17.0 Å². The van der Waals surface area contributed by atoms with E-state index in [0.717, 1.165) is 18.7 Å². The summed E-state index contributed by atoms with van der Waals surface area (Å²) in [4.78, 5) is 0.587. The van der Waals surface area contributed by atoms with Crippen molar-refractivity contribution in [3.8, 4) is 0 Å². The van der Waals surface area contributed by atoms with Gasteiger partial charge in [0.25, 0.3) is 0 Å². The smallest absolute Gasteiger partial charge is 0.0696 e. The van der Waals surface area contributed by atoms with Gasteiger partial charge in [-0.1, -0.05) is 13.3 Å². The predicted molar refractivity (Wildman–Crippen MR) is 64.9 cm³/mol. The normalized spacial score (nSPS) is 14.5. The second-order valence-electron chi connectivity index (χ2n) is 3.65. The maximum Gasteiger partial charge on any atom is 0.0696 e. The van der Waals surface area contributed by atoms with Crippen molar-refractivity contribution in [1.82, 2.24) is 0 Å². The lowest BCUT2D eigenvalue weighted by Gasteiger charge is -2.06. The van der Waals surface area contributed by atoms with Crippen LogP contribution in [0.1, 0.15) is 19.8 Å². The molecule has 1 aromatic carbocycles. The molecule has 0 amide bonds. The van der Waals surface area contributed by atoms with Crippen LogP contribution in [0.5, 0.6) is 0 Å². The molecule has 1 rings (SSSR count). The van der Waals surface area contributed by atoms with E-state index in [1.165, 1.54) is 12.7 Å². The third-order valence-corrected chi connectivity index (χ3v) is 3.34. The van der Waals surface area contributed by atoms with Gasteiger partial charge in [-0.25, -0.2) is 8.99 Å². The van der Waals surface area contributed by atoms with Crippen LogP contribution in [0.15, 0.2) is 29.2 Å². The Hall–Kier alpha value is -1.03. The van der Waals surface area contributed by atoms with E-state index < -0.39 is 9.73 Å². The van der Waals surface area contributed by atoms with Crippen LogP contribution in [0.2, 0.25) is 0 Å². The summed E-state index contributed by atoms with van der Waals surface area (Å²) in [6, 6.07) is 7.26. The van der Waals surface area contributed by atoms with Crippen LogP contribution in [0.3, 0.4) is 0 Å². The van der Waals surface area contributed by atoms with E-state index in [1.807, 2.05) is 12.1 Å². The molecule has 84 valence electrons. The zero-order valence-electron chi connectivity index (χ0n) is 9.25. The fourth-order valence-electron chi connectivity index (χ4n) is 1.24. The van der Waals surface area contributed by atoms with Crippen molar-refractivity contribution in [1.29, 1.82) is 4.78 Å². The van der Waals surface area contributed by atoms with Crippen LogP contribution in [-0.2, 0) is 9.73 Å². The molecular weight excluding hydrogens is 208 g/mol. The molecule has 1 unspecified atom stereocenters. The highest BCUT2D eigenvalue weighted by molar-refractivity contribution is 7.91. The highest BCUT2D eigenvalue weighted by Crippen LogP contribution is 2.14. The van der Waals surface area contributed by atoms with Crippen molar-refractivity contribution in [2.45, 2.75) is 24.7 Å². The Morgan fingerprint density at radius 1 is 1.33 bits per heavy atom. The topological polar surface area (TPSA) is 53.0 Å². The predicted octanol–water partition coefficient (Wildman–Crippen LogP) is 2.93. The van der Waals surface area contributed by atoms with Crippen molar-refractivity contribution in [2.75, 3.05) is 18.1 Å². The van der Waals surface area contributed by atoms with Gasteiger partial charge in [0, 0.05) is 23.4 Å². The Labute approximate surface area is 91.9 Å². The first-order valence-electron chi connectivity index (χ1n) is 5.12. The van der Waals surface area contributed by atoms with E-state index in [9.17, 15) is 4.21 Å². The monoisotopic (exact) mass is 226 g/mol. The average molecular weight is 226 g/mol. The molecule has 0 radical (unpaired) electrons. The fraction of sp³-hybridized carbons (Fsp3) is 0.455. The lowest BCUT2D eigenvalue weighted by Crippen LogP contribution is -2.01. The zero-order chi connectivity index (χ0) is 11.3. The van der Waals surface area contributed by atoms with Gasteiger partial charge in [0.15, 0.2) is 0 Å². The summed E-state index contributed by atoms with van der Waals surface area (Å²) in [5.41, 5.74) is 1.02. The molecule has 4 heteroatoms. The van der Waals surface area contributed by atoms with Gasteiger partial charge < -0.3 is 5.32 Å². The van der Waals surface area contributed by atoms with Gasteiger partial charge in [-0.15, -0.1) is 0 Å². The van der Waals surface area contributed by atoms with Crippen molar-refractivity contribution in [2.24, 2.45) is 0 Å². The Balaban J connectivity index is 2.65. The summed E-state index contributed by atoms with van der Waals surface area (Å²) in [5.74, 6) is 0. The minimum atomic E-state index is -2.57. The molecule has 15 heavy (non-hydrogen) atoms. The molecule has 0 saturated carbocycles. The third-order valence-electron chi connectivity index (χ3n) is 2.16. The van der Waals surface area contributed by atoms with Gasteiger partial charge >= 0.3 is 0 Å². The highest BCUT2D eigenvalue weighted by atomic mass is 32.2. The molecule has 0 spiro atoms. The van der Waals surface area contributed by atoms with Gasteiger partial charge in [0.1, 0.15) is 0 Å². The van der Waals surface area contributed by atoms with Gasteiger partial charge in [0.05, 0.1) is 9.73 Å². The first kappa shape index (κ1) is 12.0. The van der Waals surface area contributed by atoms with Gasteiger partial charge in [0.2, 0.25) is 0 Å². The maximum atomic E-state index is 11.4. The van der Waals surface area contributed by atoms with E-state index in [4.69, 9.17) is 4.78 Å². The number of nitrogens with one attached hydrogen (secondary N) is 2. The molecule has 0 saturated heterocycles. The van der Waals surface area contributed by atoms with E-state index in [2.05, 4.69) is 12.2 Å². The summed E-state index contributed by atoms with van der Waals surface area (Å²) in [7, 11) is -2.57. The number of rotatable bonds is 5. The summed E-state index contributed by atoms with van der Waals surface area (Å²) in [6.45, 7) is 3.11. The molecule has 0 aromatic heterocycles. The SMILES string of the molecule is CCCCNc1ccc(S(C)(=N)=O)cc1. The molecule has 2 N–H and O–H groups in total. The summed E-state index contributed by atoms with van der Waals surface area (Å²) < 4.78 is 18.8. The quantitative estimate of drug-likeness (QED) is 0.758. The number of unbranched alkanes of at least 4 members (excludes halogenated alkanes) is 1. The van der Waals surface area contributed by atoms with E-state index in [1.54, 1.807) is 12.1 Å². The Bertz CT molecular complexity index is 395. The van der Waals surface area contributed by atoms with Crippen molar-refractivity contribution >= 4 is 15.4 Å². The van der Waals surface area contributed by atoms with Gasteiger partial charge in [-0.2, -0.15) is 0 Å². The third kappa shape index (κ3) is 3.91.